The topological polar surface area (TPSA) is 59.4 Å². The zero-order valence-corrected chi connectivity index (χ0v) is 11.2. The fourth-order valence-electron chi connectivity index (χ4n) is 2.50. The minimum absolute atomic E-state index is 0.0797. The molecule has 2 aromatic rings. The van der Waals surface area contributed by atoms with Gasteiger partial charge in [-0.2, -0.15) is 0 Å². The van der Waals surface area contributed by atoms with Gasteiger partial charge in [-0.05, 0) is 61.6 Å². The first kappa shape index (κ1) is 12.7. The number of carboxylic acid groups (broad SMARTS) is 1. The Hall–Kier alpha value is -2.36. The second-order valence-corrected chi connectivity index (χ2v) is 5.00. The number of carbonyl (C=O) groups is 1. The second-order valence-electron chi connectivity index (χ2n) is 5.00. The molecule has 1 aliphatic rings. The Bertz CT molecular complexity index is 679. The Morgan fingerprint density at radius 2 is 2.00 bits per heavy atom. The molecule has 1 aromatic carbocycles. The van der Waals surface area contributed by atoms with Crippen LogP contribution in [0.4, 0.5) is 0 Å². The molecule has 0 atom stereocenters. The van der Waals surface area contributed by atoms with Crippen LogP contribution >= 0.6 is 0 Å². The van der Waals surface area contributed by atoms with Crippen LogP contribution in [0, 0.1) is 6.92 Å². The van der Waals surface area contributed by atoms with Crippen LogP contribution in [0.2, 0.25) is 0 Å². The molecule has 1 heterocycles. The molecule has 0 aliphatic heterocycles. The number of aromatic nitrogens is 1. The molecule has 0 amide bonds. The highest BCUT2D eigenvalue weighted by atomic mass is 16.5. The molecule has 102 valence electrons. The Labute approximate surface area is 117 Å². The van der Waals surface area contributed by atoms with E-state index in [-0.39, 0.29) is 11.4 Å². The van der Waals surface area contributed by atoms with Crippen LogP contribution in [0.15, 0.2) is 30.3 Å². The van der Waals surface area contributed by atoms with Crippen molar-refractivity contribution in [2.75, 3.05) is 0 Å². The first-order valence-electron chi connectivity index (χ1n) is 6.64. The van der Waals surface area contributed by atoms with Crippen molar-refractivity contribution in [3.05, 3.63) is 52.7 Å². The van der Waals surface area contributed by atoms with Crippen molar-refractivity contribution in [3.8, 4) is 11.6 Å². The molecule has 0 saturated heterocycles. The average Bonchev–Trinajstić information content (AvgIpc) is 2.85. The predicted molar refractivity (Wildman–Crippen MR) is 74.5 cm³/mol. The molecule has 3 rings (SSSR count). The fourth-order valence-corrected chi connectivity index (χ4v) is 2.50. The molecule has 0 bridgehead atoms. The summed E-state index contributed by atoms with van der Waals surface area (Å²) in [6.07, 6.45) is 3.33. The normalized spacial score (nSPS) is 13.1. The third-order valence-electron chi connectivity index (χ3n) is 3.51. The molecule has 4 nitrogen and oxygen atoms in total. The summed E-state index contributed by atoms with van der Waals surface area (Å²) >= 11 is 0. The number of hydrogen-bond acceptors (Lipinski definition) is 3. The quantitative estimate of drug-likeness (QED) is 0.928. The summed E-state index contributed by atoms with van der Waals surface area (Å²) in [7, 11) is 0. The summed E-state index contributed by atoms with van der Waals surface area (Å²) < 4.78 is 5.68. The van der Waals surface area contributed by atoms with Crippen LogP contribution in [0.25, 0.3) is 0 Å². The van der Waals surface area contributed by atoms with Gasteiger partial charge in [0, 0.05) is 5.69 Å². The van der Waals surface area contributed by atoms with Gasteiger partial charge in [-0.1, -0.05) is 6.07 Å². The molecule has 1 aromatic heterocycles. The van der Waals surface area contributed by atoms with Crippen molar-refractivity contribution < 1.29 is 14.6 Å². The standard InChI is InChI=1S/C16H15NO3/c1-10-5-8-14(16(18)19)15(17-10)20-13-7-6-11-3-2-4-12(11)9-13/h5-9H,2-4H2,1H3,(H,18,19). The van der Waals surface area contributed by atoms with Gasteiger partial charge in [0.25, 0.3) is 0 Å². The van der Waals surface area contributed by atoms with E-state index < -0.39 is 5.97 Å². The summed E-state index contributed by atoms with van der Waals surface area (Å²) in [6.45, 7) is 1.81. The second kappa shape index (κ2) is 4.96. The van der Waals surface area contributed by atoms with E-state index in [4.69, 9.17) is 9.84 Å². The third kappa shape index (κ3) is 2.37. The minimum Gasteiger partial charge on any atom is -0.477 e. The molecular weight excluding hydrogens is 254 g/mol. The van der Waals surface area contributed by atoms with Crippen molar-refractivity contribution in [3.63, 3.8) is 0 Å². The molecule has 0 unspecified atom stereocenters. The molecule has 0 saturated carbocycles. The van der Waals surface area contributed by atoms with Crippen LogP contribution in [0.1, 0.15) is 33.6 Å². The van der Waals surface area contributed by atoms with Gasteiger partial charge in [0.05, 0.1) is 0 Å². The first-order chi connectivity index (χ1) is 9.63. The Kier molecular flexibility index (Phi) is 3.14. The lowest BCUT2D eigenvalue weighted by Gasteiger charge is -2.09. The lowest BCUT2D eigenvalue weighted by molar-refractivity contribution is 0.0693. The lowest BCUT2D eigenvalue weighted by Crippen LogP contribution is -2.03. The van der Waals surface area contributed by atoms with Crippen LogP contribution in [0.5, 0.6) is 11.6 Å². The Balaban J connectivity index is 1.95. The predicted octanol–water partition coefficient (Wildman–Crippen LogP) is 3.37. The number of fused-ring (bicyclic) bond motifs is 1. The number of aryl methyl sites for hydroxylation is 3. The van der Waals surface area contributed by atoms with E-state index in [0.29, 0.717) is 5.75 Å². The van der Waals surface area contributed by atoms with Crippen LogP contribution in [-0.4, -0.2) is 16.1 Å². The highest BCUT2D eigenvalue weighted by Crippen LogP contribution is 2.29. The number of benzene rings is 1. The molecule has 4 heteroatoms. The smallest absolute Gasteiger partial charge is 0.341 e. The van der Waals surface area contributed by atoms with E-state index in [1.807, 2.05) is 18.2 Å². The van der Waals surface area contributed by atoms with Gasteiger partial charge < -0.3 is 9.84 Å². The third-order valence-corrected chi connectivity index (χ3v) is 3.51. The molecular formula is C16H15NO3. The maximum Gasteiger partial charge on any atom is 0.341 e. The van der Waals surface area contributed by atoms with E-state index in [2.05, 4.69) is 4.98 Å². The van der Waals surface area contributed by atoms with Crippen molar-refractivity contribution in [2.45, 2.75) is 26.2 Å². The van der Waals surface area contributed by atoms with E-state index in [9.17, 15) is 4.79 Å². The van der Waals surface area contributed by atoms with Gasteiger partial charge in [-0.25, -0.2) is 9.78 Å². The number of ether oxygens (including phenoxy) is 1. The van der Waals surface area contributed by atoms with Gasteiger partial charge in [0.2, 0.25) is 5.88 Å². The van der Waals surface area contributed by atoms with E-state index >= 15 is 0 Å². The summed E-state index contributed by atoms with van der Waals surface area (Å²) in [4.78, 5) is 15.4. The summed E-state index contributed by atoms with van der Waals surface area (Å²) in [6, 6.07) is 9.10. The maximum absolute atomic E-state index is 11.2. The highest BCUT2D eigenvalue weighted by Gasteiger charge is 2.16. The molecule has 20 heavy (non-hydrogen) atoms. The SMILES string of the molecule is Cc1ccc(C(=O)O)c(Oc2ccc3c(c2)CCC3)n1. The highest BCUT2D eigenvalue weighted by molar-refractivity contribution is 5.90. The van der Waals surface area contributed by atoms with Gasteiger partial charge in [-0.3, -0.25) is 0 Å². The van der Waals surface area contributed by atoms with Crippen molar-refractivity contribution in [1.82, 2.24) is 4.98 Å². The van der Waals surface area contributed by atoms with Crippen LogP contribution in [0.3, 0.4) is 0 Å². The van der Waals surface area contributed by atoms with E-state index in [0.717, 1.165) is 18.5 Å². The molecule has 0 spiro atoms. The fraction of sp³-hybridized carbons (Fsp3) is 0.250. The number of rotatable bonds is 3. The minimum atomic E-state index is -1.03. The van der Waals surface area contributed by atoms with Crippen molar-refractivity contribution >= 4 is 5.97 Å². The number of aromatic carboxylic acids is 1. The Morgan fingerprint density at radius 1 is 1.20 bits per heavy atom. The lowest BCUT2D eigenvalue weighted by atomic mass is 10.1. The van der Waals surface area contributed by atoms with Crippen LogP contribution < -0.4 is 4.74 Å². The number of pyridine rings is 1. The first-order valence-corrected chi connectivity index (χ1v) is 6.64. The summed E-state index contributed by atoms with van der Waals surface area (Å²) in [5.41, 5.74) is 3.45. The average molecular weight is 269 g/mol. The van der Waals surface area contributed by atoms with E-state index in [1.54, 1.807) is 13.0 Å². The van der Waals surface area contributed by atoms with Gasteiger partial charge in [0.1, 0.15) is 11.3 Å². The van der Waals surface area contributed by atoms with Gasteiger partial charge in [-0.15, -0.1) is 0 Å². The monoisotopic (exact) mass is 269 g/mol. The zero-order valence-electron chi connectivity index (χ0n) is 11.2. The van der Waals surface area contributed by atoms with Gasteiger partial charge >= 0.3 is 5.97 Å². The molecule has 1 aliphatic carbocycles. The largest absolute Gasteiger partial charge is 0.477 e. The summed E-state index contributed by atoms with van der Waals surface area (Å²) in [5, 5.41) is 9.17. The van der Waals surface area contributed by atoms with Crippen LogP contribution in [-0.2, 0) is 12.8 Å². The molecule has 0 fully saturated rings. The Morgan fingerprint density at radius 3 is 2.80 bits per heavy atom. The van der Waals surface area contributed by atoms with Crippen molar-refractivity contribution in [1.29, 1.82) is 0 Å². The van der Waals surface area contributed by atoms with Crippen molar-refractivity contribution in [2.24, 2.45) is 0 Å². The number of nitrogens with zero attached hydrogens (tertiary/aromatic N) is 1. The van der Waals surface area contributed by atoms with Gasteiger partial charge in [0.15, 0.2) is 0 Å². The zero-order chi connectivity index (χ0) is 14.1. The number of carboxylic acids is 1. The summed E-state index contributed by atoms with van der Waals surface area (Å²) in [5.74, 6) is -0.240. The maximum atomic E-state index is 11.2. The van der Waals surface area contributed by atoms with E-state index in [1.165, 1.54) is 23.6 Å². The molecule has 0 radical (unpaired) electrons. The molecule has 1 N–H and O–H groups in total. The number of hydrogen-bond donors (Lipinski definition) is 1.